The van der Waals surface area contributed by atoms with Gasteiger partial charge in [-0.25, -0.2) is 0 Å². The number of rotatable bonds is 9. The van der Waals surface area contributed by atoms with E-state index in [-0.39, 0.29) is 35.9 Å². The zero-order chi connectivity index (χ0) is 24.1. The van der Waals surface area contributed by atoms with Crippen molar-refractivity contribution < 1.29 is 19.2 Å². The van der Waals surface area contributed by atoms with Crippen LogP contribution in [0.1, 0.15) is 25.3 Å². The second kappa shape index (κ2) is 10.3. The molecule has 0 saturated carbocycles. The predicted octanol–water partition coefficient (Wildman–Crippen LogP) is 4.47. The number of carbonyl (C=O) groups is 1. The number of nitrogens with zero attached hydrogens (tertiary/aromatic N) is 4. The van der Waals surface area contributed by atoms with E-state index >= 15 is 0 Å². The number of nitro groups is 1. The topological polar surface area (TPSA) is 130 Å². The van der Waals surface area contributed by atoms with Crippen molar-refractivity contribution in [1.82, 2.24) is 5.01 Å². The third-order valence-electron chi connectivity index (χ3n) is 4.82. The summed E-state index contributed by atoms with van der Waals surface area (Å²) in [6.07, 6.45) is 2.97. The van der Waals surface area contributed by atoms with Crippen LogP contribution in [-0.2, 0) is 4.79 Å². The highest BCUT2D eigenvalue weighted by Crippen LogP contribution is 2.32. The molecule has 0 bridgehead atoms. The van der Waals surface area contributed by atoms with Gasteiger partial charge in [-0.3, -0.25) is 20.3 Å². The molecule has 2 aliphatic rings. The fraction of sp³-hybridized carbons (Fsp3) is 0.217. The molecule has 0 unspecified atom stereocenters. The van der Waals surface area contributed by atoms with Crippen LogP contribution in [0, 0.1) is 15.5 Å². The van der Waals surface area contributed by atoms with Crippen LogP contribution in [0.15, 0.2) is 64.2 Å². The summed E-state index contributed by atoms with van der Waals surface area (Å²) in [5.41, 5.74) is 0.0840. The monoisotopic (exact) mass is 479 g/mol. The smallest absolute Gasteiger partial charge is 0.283 e. The van der Waals surface area contributed by atoms with Crippen LogP contribution in [0.4, 0.5) is 5.69 Å². The van der Waals surface area contributed by atoms with Gasteiger partial charge in [0.25, 0.3) is 11.6 Å². The van der Waals surface area contributed by atoms with E-state index in [1.807, 2.05) is 37.3 Å². The Balaban J connectivity index is 1.57. The molecule has 11 heteroatoms. The maximum atomic E-state index is 12.7. The molecule has 0 spiro atoms. The maximum Gasteiger partial charge on any atom is 0.283 e. The Morgan fingerprint density at radius 3 is 2.68 bits per heavy atom. The molecule has 0 atom stereocenters. The Labute approximate surface area is 199 Å². The van der Waals surface area contributed by atoms with Crippen LogP contribution in [0.2, 0.25) is 0 Å². The Kier molecular flexibility index (Phi) is 7.02. The van der Waals surface area contributed by atoms with Crippen molar-refractivity contribution in [3.05, 3.63) is 69.8 Å². The standard InChI is InChI=1S/C23H21N5O5S/c1-2-6-20-26-27-21(24)18(22(29)25-23(27)34-20)14-15-13-16(28(30)31)9-10-19(15)33-12-11-32-17-7-4-3-5-8-17/h3-5,7-10,13-14,24H,2,6,11-12H2,1H3/b18-14-,24-21?. The van der Waals surface area contributed by atoms with Crippen LogP contribution in [0.5, 0.6) is 11.5 Å². The zero-order valence-corrected chi connectivity index (χ0v) is 19.1. The molecule has 1 amide bonds. The van der Waals surface area contributed by atoms with Gasteiger partial charge >= 0.3 is 0 Å². The molecule has 2 aliphatic heterocycles. The van der Waals surface area contributed by atoms with Crippen molar-refractivity contribution in [2.75, 3.05) is 13.2 Å². The average molecular weight is 480 g/mol. The molecule has 1 N–H and O–H groups in total. The van der Waals surface area contributed by atoms with Crippen molar-refractivity contribution in [2.24, 2.45) is 10.1 Å². The Hall–Kier alpha value is -3.99. The number of ether oxygens (including phenoxy) is 2. The molecule has 2 heterocycles. The second-order valence-electron chi connectivity index (χ2n) is 7.25. The first-order valence-corrected chi connectivity index (χ1v) is 11.4. The number of hydrazone groups is 1. The normalized spacial score (nSPS) is 16.3. The summed E-state index contributed by atoms with van der Waals surface area (Å²) in [5, 5.41) is 26.6. The lowest BCUT2D eigenvalue weighted by Gasteiger charge is -2.20. The number of para-hydroxylation sites is 1. The Morgan fingerprint density at radius 2 is 1.94 bits per heavy atom. The minimum absolute atomic E-state index is 0.0308. The number of nitrogens with one attached hydrogen (secondary N) is 1. The van der Waals surface area contributed by atoms with Crippen molar-refractivity contribution in [3.63, 3.8) is 0 Å². The van der Waals surface area contributed by atoms with Crippen LogP contribution in [-0.4, -0.2) is 45.1 Å². The minimum Gasteiger partial charge on any atom is -0.490 e. The lowest BCUT2D eigenvalue weighted by atomic mass is 10.1. The summed E-state index contributed by atoms with van der Waals surface area (Å²) in [6.45, 7) is 2.43. The van der Waals surface area contributed by atoms with Crippen LogP contribution < -0.4 is 9.47 Å². The van der Waals surface area contributed by atoms with Crippen LogP contribution in [0.25, 0.3) is 6.08 Å². The number of fused-ring (bicyclic) bond motifs is 1. The molecular weight excluding hydrogens is 458 g/mol. The second-order valence-corrected chi connectivity index (χ2v) is 8.29. The molecule has 10 nitrogen and oxygen atoms in total. The maximum absolute atomic E-state index is 12.7. The summed E-state index contributed by atoms with van der Waals surface area (Å²) in [5.74, 6) is 0.259. The first-order chi connectivity index (χ1) is 16.5. The fourth-order valence-corrected chi connectivity index (χ4v) is 4.21. The molecule has 4 rings (SSSR count). The number of amides is 1. The van der Waals surface area contributed by atoms with Gasteiger partial charge in [0.15, 0.2) is 5.84 Å². The summed E-state index contributed by atoms with van der Waals surface area (Å²) < 4.78 is 11.4. The van der Waals surface area contributed by atoms with E-state index in [2.05, 4.69) is 10.1 Å². The van der Waals surface area contributed by atoms with E-state index in [1.54, 1.807) is 0 Å². The third-order valence-corrected chi connectivity index (χ3v) is 5.79. The molecule has 0 radical (unpaired) electrons. The summed E-state index contributed by atoms with van der Waals surface area (Å²) in [7, 11) is 0. The molecule has 0 aliphatic carbocycles. The summed E-state index contributed by atoms with van der Waals surface area (Å²) >= 11 is 1.27. The summed E-state index contributed by atoms with van der Waals surface area (Å²) in [4.78, 5) is 27.5. The van der Waals surface area contributed by atoms with Crippen LogP contribution >= 0.6 is 11.8 Å². The number of nitro benzene ring substituents is 1. The SMILES string of the molecule is CCCC1=NN2C(=N)/C(=C/c3cc([N+](=O)[O-])ccc3OCCOc3ccccc3)C(=O)N=C2S1. The van der Waals surface area contributed by atoms with E-state index in [0.717, 1.165) is 11.5 Å². The van der Waals surface area contributed by atoms with Gasteiger partial charge in [0.05, 0.1) is 10.5 Å². The molecular formula is C23H21N5O5S. The molecule has 0 aromatic heterocycles. The molecule has 34 heavy (non-hydrogen) atoms. The minimum atomic E-state index is -0.610. The number of benzene rings is 2. The number of non-ortho nitro benzene ring substituents is 1. The number of carbonyl (C=O) groups excluding carboxylic acids is 1. The van der Waals surface area contributed by atoms with Gasteiger partial charge in [-0.05, 0) is 48.9 Å². The average Bonchev–Trinajstić information content (AvgIpc) is 3.23. The molecule has 0 saturated heterocycles. The highest BCUT2D eigenvalue weighted by molar-refractivity contribution is 8.26. The first-order valence-electron chi connectivity index (χ1n) is 10.5. The Bertz CT molecular complexity index is 1230. The van der Waals surface area contributed by atoms with Gasteiger partial charge in [0.2, 0.25) is 5.17 Å². The van der Waals surface area contributed by atoms with Gasteiger partial charge in [-0.1, -0.05) is 25.1 Å². The molecule has 2 aromatic rings. The number of hydrogen-bond donors (Lipinski definition) is 1. The van der Waals surface area contributed by atoms with E-state index < -0.39 is 10.8 Å². The first kappa shape index (κ1) is 23.2. The number of thioether (sulfide) groups is 1. The van der Waals surface area contributed by atoms with Crippen molar-refractivity contribution >= 4 is 45.5 Å². The van der Waals surface area contributed by atoms with Gasteiger partial charge in [-0.15, -0.1) is 0 Å². The predicted molar refractivity (Wildman–Crippen MR) is 130 cm³/mol. The quantitative estimate of drug-likeness (QED) is 0.243. The van der Waals surface area contributed by atoms with Gasteiger partial charge in [0.1, 0.15) is 29.8 Å². The number of amidine groups is 2. The number of hydrogen-bond acceptors (Lipinski definition) is 8. The van der Waals surface area contributed by atoms with Crippen molar-refractivity contribution in [2.45, 2.75) is 19.8 Å². The molecule has 0 fully saturated rings. The lowest BCUT2D eigenvalue weighted by molar-refractivity contribution is -0.384. The van der Waals surface area contributed by atoms with E-state index in [1.165, 1.54) is 41.0 Å². The largest absolute Gasteiger partial charge is 0.490 e. The Morgan fingerprint density at radius 1 is 1.18 bits per heavy atom. The number of aliphatic imine (C=N–C) groups is 1. The summed E-state index contributed by atoms with van der Waals surface area (Å²) in [6, 6.07) is 13.3. The molecule has 2 aromatic carbocycles. The zero-order valence-electron chi connectivity index (χ0n) is 18.3. The van der Waals surface area contributed by atoms with E-state index in [9.17, 15) is 14.9 Å². The fourth-order valence-electron chi connectivity index (χ4n) is 3.22. The lowest BCUT2D eigenvalue weighted by Crippen LogP contribution is -2.35. The van der Waals surface area contributed by atoms with E-state index in [4.69, 9.17) is 14.9 Å². The highest BCUT2D eigenvalue weighted by Gasteiger charge is 2.35. The third kappa shape index (κ3) is 5.15. The van der Waals surface area contributed by atoms with Crippen LogP contribution in [0.3, 0.4) is 0 Å². The van der Waals surface area contributed by atoms with Crippen molar-refractivity contribution in [3.8, 4) is 11.5 Å². The van der Waals surface area contributed by atoms with Crippen molar-refractivity contribution in [1.29, 1.82) is 5.41 Å². The van der Waals surface area contributed by atoms with E-state index in [0.29, 0.717) is 23.1 Å². The van der Waals surface area contributed by atoms with Gasteiger partial charge in [-0.2, -0.15) is 15.1 Å². The van der Waals surface area contributed by atoms with Gasteiger partial charge in [0, 0.05) is 17.7 Å². The molecule has 174 valence electrons. The highest BCUT2D eigenvalue weighted by atomic mass is 32.2. The van der Waals surface area contributed by atoms with Gasteiger partial charge < -0.3 is 9.47 Å².